The highest BCUT2D eigenvalue weighted by Gasteiger charge is 2.08. The number of imidazole rings is 1. The molecule has 86 valence electrons. The number of aromatic nitrogens is 2. The maximum atomic E-state index is 5.68. The quantitative estimate of drug-likeness (QED) is 0.810. The minimum atomic E-state index is 0.593. The van der Waals surface area contributed by atoms with E-state index in [2.05, 4.69) is 27.9 Å². The predicted molar refractivity (Wildman–Crippen MR) is 69.2 cm³/mol. The molecule has 2 rings (SSSR count). The van der Waals surface area contributed by atoms with Crippen LogP contribution < -0.4 is 5.32 Å². The molecule has 0 radical (unpaired) electrons. The summed E-state index contributed by atoms with van der Waals surface area (Å²) >= 11 is 5.68. The summed E-state index contributed by atoms with van der Waals surface area (Å²) in [5.74, 6) is 1.51. The van der Waals surface area contributed by atoms with Gasteiger partial charge in [0.15, 0.2) is 0 Å². The zero-order valence-corrected chi connectivity index (χ0v) is 10.2. The Morgan fingerprint density at radius 1 is 1.38 bits per heavy atom. The van der Waals surface area contributed by atoms with Crippen molar-refractivity contribution in [3.63, 3.8) is 0 Å². The van der Waals surface area contributed by atoms with Crippen molar-refractivity contribution in [2.45, 2.75) is 19.9 Å². The van der Waals surface area contributed by atoms with Crippen LogP contribution in [0.25, 0.3) is 11.0 Å². The highest BCUT2D eigenvalue weighted by molar-refractivity contribution is 6.18. The molecule has 0 aliphatic carbocycles. The van der Waals surface area contributed by atoms with Crippen molar-refractivity contribution in [3.05, 3.63) is 24.3 Å². The molecular formula is C12H16ClN3. The second-order valence-electron chi connectivity index (χ2n) is 3.69. The van der Waals surface area contributed by atoms with Crippen molar-refractivity contribution in [1.29, 1.82) is 0 Å². The number of nitrogens with one attached hydrogen (secondary N) is 1. The van der Waals surface area contributed by atoms with Gasteiger partial charge in [-0.1, -0.05) is 19.1 Å². The minimum Gasteiger partial charge on any atom is -0.354 e. The van der Waals surface area contributed by atoms with Gasteiger partial charge in [-0.2, -0.15) is 0 Å². The van der Waals surface area contributed by atoms with Gasteiger partial charge in [-0.15, -0.1) is 11.6 Å². The fourth-order valence-electron chi connectivity index (χ4n) is 1.82. The normalized spacial score (nSPS) is 10.9. The van der Waals surface area contributed by atoms with Gasteiger partial charge >= 0.3 is 0 Å². The second-order valence-corrected chi connectivity index (χ2v) is 4.07. The summed E-state index contributed by atoms with van der Waals surface area (Å²) in [5.41, 5.74) is 2.22. The number of aryl methyl sites for hydroxylation is 1. The Bertz CT molecular complexity index is 464. The molecule has 0 saturated carbocycles. The van der Waals surface area contributed by atoms with Gasteiger partial charge in [0, 0.05) is 19.0 Å². The first-order valence-electron chi connectivity index (χ1n) is 5.62. The summed E-state index contributed by atoms with van der Waals surface area (Å²) in [4.78, 5) is 4.56. The van der Waals surface area contributed by atoms with Gasteiger partial charge in [0.2, 0.25) is 5.95 Å². The fraction of sp³-hybridized carbons (Fsp3) is 0.417. The van der Waals surface area contributed by atoms with Crippen LogP contribution in [0.2, 0.25) is 0 Å². The Balaban J connectivity index is 2.41. The van der Waals surface area contributed by atoms with Crippen LogP contribution in [0.15, 0.2) is 24.3 Å². The van der Waals surface area contributed by atoms with Crippen LogP contribution in [0.5, 0.6) is 0 Å². The fourth-order valence-corrected chi connectivity index (χ4v) is 1.91. The molecule has 0 amide bonds. The molecule has 3 nitrogen and oxygen atoms in total. The molecule has 0 unspecified atom stereocenters. The molecule has 1 heterocycles. The Morgan fingerprint density at radius 3 is 2.94 bits per heavy atom. The number of hydrogen-bond donors (Lipinski definition) is 1. The van der Waals surface area contributed by atoms with Gasteiger partial charge in [0.1, 0.15) is 0 Å². The van der Waals surface area contributed by atoms with E-state index in [0.29, 0.717) is 5.88 Å². The van der Waals surface area contributed by atoms with E-state index in [1.165, 1.54) is 5.52 Å². The van der Waals surface area contributed by atoms with E-state index in [-0.39, 0.29) is 0 Å². The first-order chi connectivity index (χ1) is 7.86. The van der Waals surface area contributed by atoms with Crippen LogP contribution in [0, 0.1) is 0 Å². The summed E-state index contributed by atoms with van der Waals surface area (Å²) in [6.07, 6.45) is 1.09. The van der Waals surface area contributed by atoms with Crippen molar-refractivity contribution in [2.24, 2.45) is 0 Å². The molecule has 1 aromatic carbocycles. The van der Waals surface area contributed by atoms with Gasteiger partial charge in [0.25, 0.3) is 0 Å². The largest absolute Gasteiger partial charge is 0.354 e. The van der Waals surface area contributed by atoms with E-state index in [4.69, 9.17) is 11.6 Å². The summed E-state index contributed by atoms with van der Waals surface area (Å²) in [7, 11) is 0. The minimum absolute atomic E-state index is 0.593. The first-order valence-corrected chi connectivity index (χ1v) is 6.15. The highest BCUT2D eigenvalue weighted by atomic mass is 35.5. The molecule has 16 heavy (non-hydrogen) atoms. The number of para-hydroxylation sites is 2. The standard InChI is InChI=1S/C12H16ClN3/c1-2-9-16-11-6-4-3-5-10(11)15-12(16)14-8-7-13/h3-6H,2,7-9H2,1H3,(H,14,15). The van der Waals surface area contributed by atoms with Crippen LogP contribution >= 0.6 is 11.6 Å². The van der Waals surface area contributed by atoms with Gasteiger partial charge in [0.05, 0.1) is 11.0 Å². The average molecular weight is 238 g/mol. The lowest BCUT2D eigenvalue weighted by Crippen LogP contribution is -2.09. The molecule has 1 N–H and O–H groups in total. The third-order valence-electron chi connectivity index (χ3n) is 2.48. The smallest absolute Gasteiger partial charge is 0.203 e. The SMILES string of the molecule is CCCn1c(NCCCl)nc2ccccc21. The van der Waals surface area contributed by atoms with Crippen molar-refractivity contribution < 1.29 is 0 Å². The molecule has 0 fully saturated rings. The molecule has 0 atom stereocenters. The first kappa shape index (κ1) is 11.3. The second kappa shape index (κ2) is 5.21. The predicted octanol–water partition coefficient (Wildman–Crippen LogP) is 3.10. The summed E-state index contributed by atoms with van der Waals surface area (Å²) < 4.78 is 2.21. The molecule has 0 bridgehead atoms. The monoisotopic (exact) mass is 237 g/mol. The average Bonchev–Trinajstić information content (AvgIpc) is 2.66. The van der Waals surface area contributed by atoms with Gasteiger partial charge in [-0.25, -0.2) is 4.98 Å². The third-order valence-corrected chi connectivity index (χ3v) is 2.67. The van der Waals surface area contributed by atoms with E-state index in [1.54, 1.807) is 0 Å². The summed E-state index contributed by atoms with van der Waals surface area (Å²) in [5, 5.41) is 3.26. The summed E-state index contributed by atoms with van der Waals surface area (Å²) in [6.45, 7) is 3.89. The maximum Gasteiger partial charge on any atom is 0.203 e. The van der Waals surface area contributed by atoms with Crippen molar-refractivity contribution >= 4 is 28.6 Å². The van der Waals surface area contributed by atoms with Gasteiger partial charge < -0.3 is 9.88 Å². The lowest BCUT2D eigenvalue weighted by molar-refractivity contribution is 0.701. The van der Waals surface area contributed by atoms with Crippen LogP contribution in [-0.2, 0) is 6.54 Å². The molecule has 0 aliphatic rings. The molecule has 0 saturated heterocycles. The molecule has 1 aromatic heterocycles. The number of hydrogen-bond acceptors (Lipinski definition) is 2. The van der Waals surface area contributed by atoms with Gasteiger partial charge in [-0.3, -0.25) is 0 Å². The number of nitrogens with zero attached hydrogens (tertiary/aromatic N) is 2. The number of rotatable bonds is 5. The molecule has 0 aliphatic heterocycles. The zero-order chi connectivity index (χ0) is 11.4. The van der Waals surface area contributed by atoms with E-state index in [9.17, 15) is 0 Å². The Hall–Kier alpha value is -1.22. The molecular weight excluding hydrogens is 222 g/mol. The topological polar surface area (TPSA) is 29.9 Å². The Labute approximate surface area is 100 Å². The van der Waals surface area contributed by atoms with Crippen LogP contribution in [-0.4, -0.2) is 22.0 Å². The van der Waals surface area contributed by atoms with E-state index >= 15 is 0 Å². The number of anilines is 1. The Morgan fingerprint density at radius 2 is 2.19 bits per heavy atom. The number of benzene rings is 1. The number of halogens is 1. The number of alkyl halides is 1. The number of fused-ring (bicyclic) bond motifs is 1. The maximum absolute atomic E-state index is 5.68. The van der Waals surface area contributed by atoms with Crippen LogP contribution in [0.3, 0.4) is 0 Å². The van der Waals surface area contributed by atoms with Crippen molar-refractivity contribution in [3.8, 4) is 0 Å². The van der Waals surface area contributed by atoms with E-state index < -0.39 is 0 Å². The lowest BCUT2D eigenvalue weighted by atomic mass is 10.3. The van der Waals surface area contributed by atoms with Crippen molar-refractivity contribution in [2.75, 3.05) is 17.7 Å². The highest BCUT2D eigenvalue weighted by Crippen LogP contribution is 2.19. The third kappa shape index (κ3) is 2.14. The van der Waals surface area contributed by atoms with Crippen LogP contribution in [0.4, 0.5) is 5.95 Å². The van der Waals surface area contributed by atoms with Gasteiger partial charge in [-0.05, 0) is 18.6 Å². The van der Waals surface area contributed by atoms with E-state index in [1.807, 2.05) is 18.2 Å². The van der Waals surface area contributed by atoms with Crippen LogP contribution in [0.1, 0.15) is 13.3 Å². The Kier molecular flexibility index (Phi) is 3.67. The molecule has 2 aromatic rings. The van der Waals surface area contributed by atoms with Crippen molar-refractivity contribution in [1.82, 2.24) is 9.55 Å². The lowest BCUT2D eigenvalue weighted by Gasteiger charge is -2.08. The molecule has 4 heteroatoms. The molecule has 0 spiro atoms. The summed E-state index contributed by atoms with van der Waals surface area (Å²) in [6, 6.07) is 8.19. The van der Waals surface area contributed by atoms with E-state index in [0.717, 1.165) is 31.0 Å². The zero-order valence-electron chi connectivity index (χ0n) is 9.41.